The molecule has 1 fully saturated rings. The Bertz CT molecular complexity index is 829. The minimum atomic E-state index is -0.732. The van der Waals surface area contributed by atoms with Crippen LogP contribution in [-0.2, 0) is 11.3 Å². The molecular weight excluding hydrogens is 370 g/mol. The molecule has 156 valence electrons. The lowest BCUT2D eigenvalue weighted by molar-refractivity contribution is -0.120. The first-order chi connectivity index (χ1) is 14.0. The molecule has 0 spiro atoms. The van der Waals surface area contributed by atoms with E-state index < -0.39 is 17.9 Å². The highest BCUT2D eigenvalue weighted by Crippen LogP contribution is 2.27. The van der Waals surface area contributed by atoms with Gasteiger partial charge in [-0.1, -0.05) is 25.1 Å². The van der Waals surface area contributed by atoms with Gasteiger partial charge in [-0.3, -0.25) is 14.6 Å². The summed E-state index contributed by atoms with van der Waals surface area (Å²) in [5.74, 6) is -0.573. The lowest BCUT2D eigenvalue weighted by Crippen LogP contribution is -2.45. The third kappa shape index (κ3) is 5.38. The highest BCUT2D eigenvalue weighted by atomic mass is 16.2. The third-order valence-electron chi connectivity index (χ3n) is 5.11. The first-order valence-electron chi connectivity index (χ1n) is 10.1. The Balaban J connectivity index is 1.88. The fourth-order valence-corrected chi connectivity index (χ4v) is 3.69. The molecule has 2 aromatic heterocycles. The molecule has 0 saturated carbocycles. The van der Waals surface area contributed by atoms with Crippen LogP contribution in [0.4, 0.5) is 0 Å². The van der Waals surface area contributed by atoms with Gasteiger partial charge in [0.15, 0.2) is 5.69 Å². The molecule has 2 aromatic rings. The van der Waals surface area contributed by atoms with Crippen LogP contribution < -0.4 is 16.4 Å². The van der Waals surface area contributed by atoms with Crippen LogP contribution in [0.15, 0.2) is 24.4 Å². The van der Waals surface area contributed by atoms with Crippen molar-refractivity contribution in [3.05, 3.63) is 41.5 Å². The summed E-state index contributed by atoms with van der Waals surface area (Å²) in [4.78, 5) is 29.1. The first-order valence-corrected chi connectivity index (χ1v) is 10.1. The minimum Gasteiger partial charge on any atom is -0.368 e. The van der Waals surface area contributed by atoms with Crippen molar-refractivity contribution in [3.8, 4) is 0 Å². The number of pyridine rings is 1. The number of piperidine rings is 1. The Labute approximate surface area is 170 Å². The van der Waals surface area contributed by atoms with Crippen LogP contribution in [0, 0.1) is 5.92 Å². The number of nitrogens with zero attached hydrogens (tertiary/aromatic N) is 4. The van der Waals surface area contributed by atoms with Crippen molar-refractivity contribution < 1.29 is 9.59 Å². The van der Waals surface area contributed by atoms with E-state index in [1.807, 2.05) is 32.0 Å². The van der Waals surface area contributed by atoms with E-state index in [9.17, 15) is 9.59 Å². The lowest BCUT2D eigenvalue weighted by Gasteiger charge is -2.24. The Hall–Kier alpha value is -2.81. The number of carbonyl (C=O) groups is 2. The van der Waals surface area contributed by atoms with Gasteiger partial charge in [-0.15, -0.1) is 5.10 Å². The second kappa shape index (κ2) is 9.60. The Morgan fingerprint density at radius 2 is 2.07 bits per heavy atom. The molecule has 9 nitrogen and oxygen atoms in total. The fraction of sp³-hybridized carbons (Fsp3) is 0.550. The summed E-state index contributed by atoms with van der Waals surface area (Å²) in [6.07, 6.45) is 3.99. The maximum atomic E-state index is 13.0. The van der Waals surface area contributed by atoms with E-state index >= 15 is 0 Å². The van der Waals surface area contributed by atoms with E-state index in [1.165, 1.54) is 0 Å². The molecule has 1 aliphatic rings. The van der Waals surface area contributed by atoms with Crippen molar-refractivity contribution in [2.75, 3.05) is 13.1 Å². The maximum Gasteiger partial charge on any atom is 0.274 e. The summed E-state index contributed by atoms with van der Waals surface area (Å²) >= 11 is 0. The van der Waals surface area contributed by atoms with Crippen molar-refractivity contribution in [1.29, 1.82) is 0 Å². The van der Waals surface area contributed by atoms with Crippen LogP contribution in [-0.4, -0.2) is 50.9 Å². The molecule has 3 rings (SSSR count). The molecule has 2 amide bonds. The van der Waals surface area contributed by atoms with Crippen molar-refractivity contribution in [3.63, 3.8) is 0 Å². The van der Waals surface area contributed by atoms with Crippen LogP contribution in [0.25, 0.3) is 0 Å². The van der Waals surface area contributed by atoms with E-state index in [4.69, 9.17) is 5.73 Å². The van der Waals surface area contributed by atoms with E-state index in [-0.39, 0.29) is 17.5 Å². The lowest BCUT2D eigenvalue weighted by atomic mass is 9.92. The van der Waals surface area contributed by atoms with Gasteiger partial charge in [-0.2, -0.15) is 0 Å². The largest absolute Gasteiger partial charge is 0.368 e. The Morgan fingerprint density at radius 1 is 1.31 bits per heavy atom. The molecule has 3 heterocycles. The zero-order valence-corrected chi connectivity index (χ0v) is 17.0. The summed E-state index contributed by atoms with van der Waals surface area (Å²) in [5, 5.41) is 14.5. The summed E-state index contributed by atoms with van der Waals surface area (Å²) in [6.45, 7) is 6.14. The zero-order chi connectivity index (χ0) is 20.8. The van der Waals surface area contributed by atoms with Crippen molar-refractivity contribution in [1.82, 2.24) is 30.6 Å². The van der Waals surface area contributed by atoms with Gasteiger partial charge >= 0.3 is 0 Å². The van der Waals surface area contributed by atoms with Crippen LogP contribution in [0.3, 0.4) is 0 Å². The quantitative estimate of drug-likeness (QED) is 0.603. The molecule has 0 aliphatic carbocycles. The molecular formula is C20H29N7O2. The number of rotatable bonds is 8. The van der Waals surface area contributed by atoms with Gasteiger partial charge in [-0.25, -0.2) is 4.68 Å². The van der Waals surface area contributed by atoms with Crippen LogP contribution in [0.1, 0.15) is 60.9 Å². The van der Waals surface area contributed by atoms with Gasteiger partial charge in [0.1, 0.15) is 6.04 Å². The SMILES string of the molecule is CC(C)C[C@H](NC(=O)c1nnn(Cc2ccccn2)c1C1CCNCC1)C(N)=O. The highest BCUT2D eigenvalue weighted by molar-refractivity contribution is 5.96. The zero-order valence-electron chi connectivity index (χ0n) is 17.0. The maximum absolute atomic E-state index is 13.0. The number of hydrogen-bond donors (Lipinski definition) is 3. The second-order valence-corrected chi connectivity index (χ2v) is 7.88. The highest BCUT2D eigenvalue weighted by Gasteiger charge is 2.30. The summed E-state index contributed by atoms with van der Waals surface area (Å²) in [6, 6.07) is 4.96. The van der Waals surface area contributed by atoms with Crippen molar-refractivity contribution >= 4 is 11.8 Å². The summed E-state index contributed by atoms with van der Waals surface area (Å²) < 4.78 is 1.76. The van der Waals surface area contributed by atoms with Crippen LogP contribution in [0.2, 0.25) is 0 Å². The summed E-state index contributed by atoms with van der Waals surface area (Å²) in [7, 11) is 0. The molecule has 1 aliphatic heterocycles. The predicted molar refractivity (Wildman–Crippen MR) is 108 cm³/mol. The van der Waals surface area contributed by atoms with Gasteiger partial charge < -0.3 is 16.4 Å². The normalized spacial score (nSPS) is 16.0. The number of aromatic nitrogens is 4. The number of amides is 2. The van der Waals surface area contributed by atoms with E-state index in [1.54, 1.807) is 10.9 Å². The van der Waals surface area contributed by atoms with Crippen molar-refractivity contribution in [2.45, 2.75) is 51.6 Å². The average molecular weight is 399 g/mol. The third-order valence-corrected chi connectivity index (χ3v) is 5.11. The summed E-state index contributed by atoms with van der Waals surface area (Å²) in [5.41, 5.74) is 7.39. The van der Waals surface area contributed by atoms with Gasteiger partial charge in [0.05, 0.1) is 17.9 Å². The van der Waals surface area contributed by atoms with Crippen LogP contribution in [0.5, 0.6) is 0 Å². The first kappa shape index (κ1) is 20.9. The second-order valence-electron chi connectivity index (χ2n) is 7.88. The minimum absolute atomic E-state index is 0.160. The van der Waals surface area contributed by atoms with E-state index in [0.29, 0.717) is 13.0 Å². The molecule has 4 N–H and O–H groups in total. The molecule has 29 heavy (non-hydrogen) atoms. The molecule has 0 unspecified atom stereocenters. The fourth-order valence-electron chi connectivity index (χ4n) is 3.69. The van der Waals surface area contributed by atoms with E-state index in [2.05, 4.69) is 25.9 Å². The Kier molecular flexibility index (Phi) is 6.92. The van der Waals surface area contributed by atoms with Crippen molar-refractivity contribution in [2.24, 2.45) is 11.7 Å². The van der Waals surface area contributed by atoms with Crippen LogP contribution >= 0.6 is 0 Å². The standard InChI is InChI=1S/C20H29N7O2/c1-13(2)11-16(19(21)28)24-20(29)17-18(14-6-9-22-10-7-14)27(26-25-17)12-15-5-3-4-8-23-15/h3-5,8,13-14,16,22H,6-7,9-12H2,1-2H3,(H2,21,28)(H,24,29)/t16-/m0/s1. The van der Waals surface area contributed by atoms with Gasteiger partial charge in [0.2, 0.25) is 5.91 Å². The molecule has 1 saturated heterocycles. The molecule has 1 atom stereocenters. The molecule has 9 heteroatoms. The van der Waals surface area contributed by atoms with Gasteiger partial charge in [0, 0.05) is 12.1 Å². The topological polar surface area (TPSA) is 128 Å². The van der Waals surface area contributed by atoms with Gasteiger partial charge in [-0.05, 0) is 50.4 Å². The van der Waals surface area contributed by atoms with Gasteiger partial charge in [0.25, 0.3) is 5.91 Å². The number of nitrogens with two attached hydrogens (primary N) is 1. The average Bonchev–Trinajstić information content (AvgIpc) is 3.12. The number of hydrogen-bond acceptors (Lipinski definition) is 6. The molecule has 0 radical (unpaired) electrons. The smallest absolute Gasteiger partial charge is 0.274 e. The number of primary amides is 1. The molecule has 0 aromatic carbocycles. The predicted octanol–water partition coefficient (Wildman–Crippen LogP) is 0.818. The number of nitrogens with one attached hydrogen (secondary N) is 2. The Morgan fingerprint density at radius 3 is 2.69 bits per heavy atom. The monoisotopic (exact) mass is 399 g/mol. The van der Waals surface area contributed by atoms with E-state index in [0.717, 1.165) is 37.3 Å². The number of carbonyl (C=O) groups excluding carboxylic acids is 2. The molecule has 0 bridgehead atoms.